The fourth-order valence-corrected chi connectivity index (χ4v) is 2.70. The van der Waals surface area contributed by atoms with Crippen LogP contribution in [0.5, 0.6) is 0 Å². The number of hydrogen-bond donors (Lipinski definition) is 1. The lowest BCUT2D eigenvalue weighted by Gasteiger charge is -2.08. The molecule has 0 saturated heterocycles. The van der Waals surface area contributed by atoms with E-state index < -0.39 is 0 Å². The molecule has 0 bridgehead atoms. The van der Waals surface area contributed by atoms with Crippen LogP contribution in [0.4, 0.5) is 0 Å². The fraction of sp³-hybridized carbons (Fsp3) is 0.231. The van der Waals surface area contributed by atoms with Crippen molar-refractivity contribution in [3.05, 3.63) is 52.2 Å². The number of fused-ring (bicyclic) bond motifs is 1. The van der Waals surface area contributed by atoms with Crippen LogP contribution in [0.15, 0.2) is 36.0 Å². The Kier molecular flexibility index (Phi) is 2.85. The van der Waals surface area contributed by atoms with Crippen LogP contribution >= 0.6 is 11.3 Å². The Labute approximate surface area is 109 Å². The van der Waals surface area contributed by atoms with E-state index >= 15 is 0 Å². The van der Waals surface area contributed by atoms with Crippen molar-refractivity contribution in [1.29, 1.82) is 0 Å². The zero-order valence-electron chi connectivity index (χ0n) is 10.1. The highest BCUT2D eigenvalue weighted by Gasteiger charge is 2.13. The Morgan fingerprint density at radius 1 is 1.44 bits per heavy atom. The van der Waals surface area contributed by atoms with Crippen molar-refractivity contribution in [2.45, 2.75) is 19.4 Å². The van der Waals surface area contributed by atoms with E-state index in [1.165, 1.54) is 0 Å². The van der Waals surface area contributed by atoms with Crippen molar-refractivity contribution in [2.24, 2.45) is 5.73 Å². The summed E-state index contributed by atoms with van der Waals surface area (Å²) in [5.41, 5.74) is 9.45. The van der Waals surface area contributed by atoms with Gasteiger partial charge in [0.15, 0.2) is 0 Å². The Morgan fingerprint density at radius 3 is 3.11 bits per heavy atom. The Bertz CT molecular complexity index is 670. The van der Waals surface area contributed by atoms with Crippen LogP contribution < -0.4 is 5.73 Å². The second-order valence-electron chi connectivity index (χ2n) is 4.30. The van der Waals surface area contributed by atoms with E-state index in [9.17, 15) is 0 Å². The van der Waals surface area contributed by atoms with Crippen molar-refractivity contribution in [3.63, 3.8) is 0 Å². The fourth-order valence-electron chi connectivity index (χ4n) is 2.08. The van der Waals surface area contributed by atoms with Gasteiger partial charge in [-0.2, -0.15) is 5.10 Å². The second kappa shape index (κ2) is 4.51. The van der Waals surface area contributed by atoms with Crippen LogP contribution in [0.2, 0.25) is 0 Å². The average molecular weight is 258 g/mol. The molecule has 3 heterocycles. The molecular formula is C13H14N4S. The van der Waals surface area contributed by atoms with Gasteiger partial charge in [-0.05, 0) is 19.1 Å². The first-order valence-electron chi connectivity index (χ1n) is 5.83. The van der Waals surface area contributed by atoms with E-state index in [2.05, 4.69) is 15.5 Å². The molecule has 3 rings (SSSR count). The maximum absolute atomic E-state index is 6.26. The molecule has 0 aromatic carbocycles. The topological polar surface area (TPSA) is 56.2 Å². The molecule has 3 aromatic rings. The van der Waals surface area contributed by atoms with Crippen LogP contribution in [0.3, 0.4) is 0 Å². The highest BCUT2D eigenvalue weighted by molar-refractivity contribution is 7.09. The molecule has 4 nitrogen and oxygen atoms in total. The molecule has 0 aliphatic rings. The maximum atomic E-state index is 6.26. The molecule has 0 fully saturated rings. The van der Waals surface area contributed by atoms with E-state index in [1.807, 2.05) is 42.0 Å². The third kappa shape index (κ3) is 2.02. The Balaban J connectivity index is 1.90. The summed E-state index contributed by atoms with van der Waals surface area (Å²) in [6, 6.07) is 5.93. The molecule has 0 saturated carbocycles. The second-order valence-corrected chi connectivity index (χ2v) is 5.36. The number of rotatable bonds is 3. The van der Waals surface area contributed by atoms with Gasteiger partial charge < -0.3 is 5.73 Å². The Hall–Kier alpha value is -1.72. The SMILES string of the molecule is Cc1nc(CC(N)c2cnn3ccccc23)cs1. The van der Waals surface area contributed by atoms with Gasteiger partial charge >= 0.3 is 0 Å². The molecule has 2 N–H and O–H groups in total. The molecule has 0 spiro atoms. The first kappa shape index (κ1) is 11.4. The molecule has 1 unspecified atom stereocenters. The summed E-state index contributed by atoms with van der Waals surface area (Å²) in [5, 5.41) is 7.46. The minimum Gasteiger partial charge on any atom is -0.324 e. The number of thiazole rings is 1. The smallest absolute Gasteiger partial charge is 0.0897 e. The van der Waals surface area contributed by atoms with Crippen molar-refractivity contribution >= 4 is 16.9 Å². The number of hydrogen-bond acceptors (Lipinski definition) is 4. The van der Waals surface area contributed by atoms with Crippen LogP contribution in [0.25, 0.3) is 5.52 Å². The minimum atomic E-state index is -0.0635. The standard InChI is InChI=1S/C13H14N4S/c1-9-16-10(8-18-9)6-12(14)11-7-15-17-5-3-2-4-13(11)17/h2-5,7-8,12H,6,14H2,1H3. The summed E-state index contributed by atoms with van der Waals surface area (Å²) in [6.07, 6.45) is 4.53. The Morgan fingerprint density at radius 2 is 2.33 bits per heavy atom. The largest absolute Gasteiger partial charge is 0.324 e. The van der Waals surface area contributed by atoms with Gasteiger partial charge in [-0.25, -0.2) is 9.50 Å². The molecule has 0 amide bonds. The van der Waals surface area contributed by atoms with Gasteiger partial charge in [0, 0.05) is 29.6 Å². The maximum Gasteiger partial charge on any atom is 0.0897 e. The predicted octanol–water partition coefficient (Wildman–Crippen LogP) is 2.34. The molecule has 1 atom stereocenters. The quantitative estimate of drug-likeness (QED) is 0.784. The summed E-state index contributed by atoms with van der Waals surface area (Å²) >= 11 is 1.66. The number of nitrogens with two attached hydrogens (primary N) is 1. The first-order valence-corrected chi connectivity index (χ1v) is 6.71. The van der Waals surface area contributed by atoms with Gasteiger partial charge in [0.1, 0.15) is 0 Å². The van der Waals surface area contributed by atoms with E-state index in [4.69, 9.17) is 5.73 Å². The normalized spacial score (nSPS) is 13.0. The molecular weight excluding hydrogens is 244 g/mol. The third-order valence-corrected chi connectivity index (χ3v) is 3.77. The van der Waals surface area contributed by atoms with Crippen LogP contribution in [0, 0.1) is 6.92 Å². The van der Waals surface area contributed by atoms with Gasteiger partial charge in [-0.3, -0.25) is 0 Å². The highest BCUT2D eigenvalue weighted by Crippen LogP contribution is 2.21. The number of nitrogens with zero attached hydrogens (tertiary/aromatic N) is 3. The lowest BCUT2D eigenvalue weighted by atomic mass is 10.1. The molecule has 0 aliphatic carbocycles. The first-order chi connectivity index (χ1) is 8.74. The average Bonchev–Trinajstić information content (AvgIpc) is 2.95. The molecule has 3 aromatic heterocycles. The molecule has 0 aliphatic heterocycles. The summed E-state index contributed by atoms with van der Waals surface area (Å²) in [7, 11) is 0. The van der Waals surface area contributed by atoms with Crippen LogP contribution in [-0.2, 0) is 6.42 Å². The van der Waals surface area contributed by atoms with E-state index in [1.54, 1.807) is 11.3 Å². The molecule has 5 heteroatoms. The van der Waals surface area contributed by atoms with E-state index in [0.717, 1.165) is 28.2 Å². The van der Waals surface area contributed by atoms with Gasteiger partial charge in [0.2, 0.25) is 0 Å². The number of aryl methyl sites for hydroxylation is 1. The van der Waals surface area contributed by atoms with Gasteiger partial charge in [0.25, 0.3) is 0 Å². The van der Waals surface area contributed by atoms with Crippen molar-refractivity contribution in [3.8, 4) is 0 Å². The van der Waals surface area contributed by atoms with Crippen LogP contribution in [0.1, 0.15) is 22.3 Å². The number of pyridine rings is 1. The monoisotopic (exact) mass is 258 g/mol. The zero-order valence-corrected chi connectivity index (χ0v) is 10.9. The van der Waals surface area contributed by atoms with Crippen molar-refractivity contribution in [2.75, 3.05) is 0 Å². The number of aromatic nitrogens is 3. The molecule has 18 heavy (non-hydrogen) atoms. The summed E-state index contributed by atoms with van der Waals surface area (Å²) in [4.78, 5) is 4.45. The summed E-state index contributed by atoms with van der Waals surface area (Å²) in [5.74, 6) is 0. The van der Waals surface area contributed by atoms with Gasteiger partial charge in [0.05, 0.1) is 22.4 Å². The van der Waals surface area contributed by atoms with Crippen LogP contribution in [-0.4, -0.2) is 14.6 Å². The van der Waals surface area contributed by atoms with E-state index in [0.29, 0.717) is 0 Å². The third-order valence-electron chi connectivity index (χ3n) is 2.95. The van der Waals surface area contributed by atoms with Crippen molar-refractivity contribution < 1.29 is 0 Å². The van der Waals surface area contributed by atoms with Gasteiger partial charge in [-0.15, -0.1) is 11.3 Å². The summed E-state index contributed by atoms with van der Waals surface area (Å²) in [6.45, 7) is 2.01. The lowest BCUT2D eigenvalue weighted by molar-refractivity contribution is 0.714. The van der Waals surface area contributed by atoms with E-state index in [-0.39, 0.29) is 6.04 Å². The predicted molar refractivity (Wildman–Crippen MR) is 72.7 cm³/mol. The molecule has 0 radical (unpaired) electrons. The summed E-state index contributed by atoms with van der Waals surface area (Å²) < 4.78 is 1.85. The zero-order chi connectivity index (χ0) is 12.5. The highest BCUT2D eigenvalue weighted by atomic mass is 32.1. The molecule has 92 valence electrons. The lowest BCUT2D eigenvalue weighted by Crippen LogP contribution is -2.13. The van der Waals surface area contributed by atoms with Crippen molar-refractivity contribution in [1.82, 2.24) is 14.6 Å². The van der Waals surface area contributed by atoms with Gasteiger partial charge in [-0.1, -0.05) is 6.07 Å². The minimum absolute atomic E-state index is 0.0635.